The first-order valence-electron chi connectivity index (χ1n) is 5.15. The molecule has 0 aliphatic carbocycles. The lowest BCUT2D eigenvalue weighted by Crippen LogP contribution is -2.47. The molecular weight excluding hydrogens is 198 g/mol. The number of aliphatic carboxylic acids is 1. The maximum Gasteiger partial charge on any atom is 0.323 e. The van der Waals surface area contributed by atoms with Crippen molar-refractivity contribution >= 4 is 12.0 Å². The van der Waals surface area contributed by atoms with Crippen molar-refractivity contribution in [3.05, 3.63) is 0 Å². The van der Waals surface area contributed by atoms with Crippen molar-refractivity contribution in [2.24, 2.45) is 0 Å². The molecular formula is C9H17N3O3. The highest BCUT2D eigenvalue weighted by molar-refractivity contribution is 5.79. The maximum absolute atomic E-state index is 11.1. The van der Waals surface area contributed by atoms with Gasteiger partial charge in [-0.15, -0.1) is 0 Å². The molecule has 0 radical (unpaired) electrons. The van der Waals surface area contributed by atoms with E-state index in [9.17, 15) is 9.59 Å². The van der Waals surface area contributed by atoms with E-state index in [0.29, 0.717) is 12.6 Å². The van der Waals surface area contributed by atoms with E-state index >= 15 is 0 Å². The van der Waals surface area contributed by atoms with Gasteiger partial charge in [0.1, 0.15) is 6.54 Å². The van der Waals surface area contributed by atoms with Gasteiger partial charge in [-0.25, -0.2) is 4.79 Å². The smallest absolute Gasteiger partial charge is 0.323 e. The predicted molar refractivity (Wildman–Crippen MR) is 54.7 cm³/mol. The molecule has 1 aliphatic heterocycles. The van der Waals surface area contributed by atoms with E-state index in [0.717, 1.165) is 13.0 Å². The van der Waals surface area contributed by atoms with Gasteiger partial charge in [0, 0.05) is 12.6 Å². The zero-order valence-corrected chi connectivity index (χ0v) is 8.58. The number of hydrogen-bond donors (Lipinski definition) is 4. The van der Waals surface area contributed by atoms with Crippen LogP contribution >= 0.6 is 0 Å². The Balaban J connectivity index is 2.07. The number of nitrogens with one attached hydrogen (secondary N) is 3. The minimum atomic E-state index is -1.04. The summed E-state index contributed by atoms with van der Waals surface area (Å²) < 4.78 is 0. The molecule has 0 saturated carbocycles. The molecule has 0 spiro atoms. The standard InChI is InChI=1S/C9H17N3O3/c13-8(14)6-12-9(15)11-5-7-3-1-2-4-10-7/h7,10H,1-6H2,(H,13,14)(H2,11,12,15). The molecule has 1 heterocycles. The number of piperidine rings is 1. The van der Waals surface area contributed by atoms with Crippen LogP contribution in [0.3, 0.4) is 0 Å². The summed E-state index contributed by atoms with van der Waals surface area (Å²) in [5, 5.41) is 16.5. The summed E-state index contributed by atoms with van der Waals surface area (Å²) in [5.74, 6) is -1.04. The molecule has 86 valence electrons. The Bertz CT molecular complexity index is 227. The number of hydrogen-bond acceptors (Lipinski definition) is 3. The van der Waals surface area contributed by atoms with Gasteiger partial charge in [-0.3, -0.25) is 4.79 Å². The largest absolute Gasteiger partial charge is 0.480 e. The van der Waals surface area contributed by atoms with Gasteiger partial charge in [0.25, 0.3) is 0 Å². The average molecular weight is 215 g/mol. The molecule has 1 fully saturated rings. The highest BCUT2D eigenvalue weighted by Crippen LogP contribution is 2.05. The fourth-order valence-electron chi connectivity index (χ4n) is 1.53. The third kappa shape index (κ3) is 5.21. The topological polar surface area (TPSA) is 90.5 Å². The van der Waals surface area contributed by atoms with Gasteiger partial charge in [-0.05, 0) is 19.4 Å². The van der Waals surface area contributed by atoms with E-state index in [1.54, 1.807) is 0 Å². The summed E-state index contributed by atoms with van der Waals surface area (Å²) >= 11 is 0. The van der Waals surface area contributed by atoms with Crippen LogP contribution in [0.5, 0.6) is 0 Å². The average Bonchev–Trinajstić information content (AvgIpc) is 2.25. The van der Waals surface area contributed by atoms with E-state index < -0.39 is 12.0 Å². The number of carboxylic acids is 1. The van der Waals surface area contributed by atoms with Crippen molar-refractivity contribution < 1.29 is 14.7 Å². The van der Waals surface area contributed by atoms with Crippen LogP contribution in [0.4, 0.5) is 4.79 Å². The summed E-state index contributed by atoms with van der Waals surface area (Å²) in [7, 11) is 0. The molecule has 1 saturated heterocycles. The van der Waals surface area contributed by atoms with Gasteiger partial charge in [-0.1, -0.05) is 6.42 Å². The van der Waals surface area contributed by atoms with Gasteiger partial charge < -0.3 is 21.1 Å². The molecule has 1 unspecified atom stereocenters. The molecule has 0 aromatic carbocycles. The molecule has 4 N–H and O–H groups in total. The summed E-state index contributed by atoms with van der Waals surface area (Å²) in [5.41, 5.74) is 0. The molecule has 1 atom stereocenters. The molecule has 0 bridgehead atoms. The van der Waals surface area contributed by atoms with Crippen LogP contribution in [0.15, 0.2) is 0 Å². The molecule has 6 nitrogen and oxygen atoms in total. The summed E-state index contributed by atoms with van der Waals surface area (Å²) in [6.07, 6.45) is 3.41. The van der Waals surface area contributed by atoms with E-state index in [1.807, 2.05) is 0 Å². The Labute approximate surface area is 88.4 Å². The lowest BCUT2D eigenvalue weighted by Gasteiger charge is -2.23. The molecule has 1 rings (SSSR count). The van der Waals surface area contributed by atoms with Gasteiger partial charge in [0.2, 0.25) is 0 Å². The first kappa shape index (κ1) is 11.8. The van der Waals surface area contributed by atoms with Crippen molar-refractivity contribution in [1.82, 2.24) is 16.0 Å². The fraction of sp³-hybridized carbons (Fsp3) is 0.778. The molecule has 15 heavy (non-hydrogen) atoms. The Hall–Kier alpha value is -1.30. The minimum absolute atomic E-state index is 0.314. The van der Waals surface area contributed by atoms with Crippen LogP contribution in [0, 0.1) is 0 Å². The van der Waals surface area contributed by atoms with E-state index in [-0.39, 0.29) is 6.54 Å². The third-order valence-corrected chi connectivity index (χ3v) is 2.32. The second-order valence-corrected chi connectivity index (χ2v) is 3.60. The first-order chi connectivity index (χ1) is 7.18. The van der Waals surface area contributed by atoms with Crippen molar-refractivity contribution in [2.45, 2.75) is 25.3 Å². The zero-order chi connectivity index (χ0) is 11.1. The normalized spacial score (nSPS) is 20.7. The third-order valence-electron chi connectivity index (χ3n) is 2.32. The highest BCUT2D eigenvalue weighted by Gasteiger charge is 2.13. The van der Waals surface area contributed by atoms with E-state index in [1.165, 1.54) is 12.8 Å². The number of urea groups is 1. The zero-order valence-electron chi connectivity index (χ0n) is 8.58. The van der Waals surface area contributed by atoms with Crippen molar-refractivity contribution in [1.29, 1.82) is 0 Å². The monoisotopic (exact) mass is 215 g/mol. The van der Waals surface area contributed by atoms with Gasteiger partial charge in [0.05, 0.1) is 0 Å². The summed E-state index contributed by atoms with van der Waals surface area (Å²) in [4.78, 5) is 21.2. The van der Waals surface area contributed by atoms with Crippen molar-refractivity contribution in [3.63, 3.8) is 0 Å². The Kier molecular flexibility index (Phi) is 4.89. The number of rotatable bonds is 4. The lowest BCUT2D eigenvalue weighted by atomic mass is 10.1. The number of carbonyl (C=O) groups excluding carboxylic acids is 1. The van der Waals surface area contributed by atoms with Crippen LogP contribution in [0.25, 0.3) is 0 Å². The van der Waals surface area contributed by atoms with Crippen LogP contribution < -0.4 is 16.0 Å². The molecule has 6 heteroatoms. The number of carbonyl (C=O) groups is 2. The lowest BCUT2D eigenvalue weighted by molar-refractivity contribution is -0.135. The molecule has 0 aromatic heterocycles. The van der Waals surface area contributed by atoms with E-state index in [2.05, 4.69) is 16.0 Å². The SMILES string of the molecule is O=C(O)CNC(=O)NCC1CCCCN1. The highest BCUT2D eigenvalue weighted by atomic mass is 16.4. The van der Waals surface area contributed by atoms with Gasteiger partial charge in [-0.2, -0.15) is 0 Å². The maximum atomic E-state index is 11.1. The Morgan fingerprint density at radius 3 is 2.73 bits per heavy atom. The van der Waals surface area contributed by atoms with Gasteiger partial charge >= 0.3 is 12.0 Å². The Morgan fingerprint density at radius 1 is 1.33 bits per heavy atom. The predicted octanol–water partition coefficient (Wildman–Crippen LogP) is -0.488. The quantitative estimate of drug-likeness (QED) is 0.509. The molecule has 1 aliphatic rings. The Morgan fingerprint density at radius 2 is 2.13 bits per heavy atom. The summed E-state index contributed by atoms with van der Waals surface area (Å²) in [6.45, 7) is 1.19. The van der Waals surface area contributed by atoms with Crippen LogP contribution in [0.2, 0.25) is 0 Å². The van der Waals surface area contributed by atoms with Crippen LogP contribution in [-0.2, 0) is 4.79 Å². The second-order valence-electron chi connectivity index (χ2n) is 3.60. The van der Waals surface area contributed by atoms with Crippen LogP contribution in [-0.4, -0.2) is 42.8 Å². The molecule has 0 aromatic rings. The fourth-order valence-corrected chi connectivity index (χ4v) is 1.53. The van der Waals surface area contributed by atoms with Crippen molar-refractivity contribution in [3.8, 4) is 0 Å². The first-order valence-corrected chi connectivity index (χ1v) is 5.15. The molecule has 2 amide bonds. The van der Waals surface area contributed by atoms with E-state index in [4.69, 9.17) is 5.11 Å². The number of amides is 2. The van der Waals surface area contributed by atoms with Gasteiger partial charge in [0.15, 0.2) is 0 Å². The minimum Gasteiger partial charge on any atom is -0.480 e. The van der Waals surface area contributed by atoms with Crippen molar-refractivity contribution in [2.75, 3.05) is 19.6 Å². The number of carboxylic acid groups (broad SMARTS) is 1. The summed E-state index contributed by atoms with van der Waals surface area (Å²) in [6, 6.07) is -0.112. The second kappa shape index (κ2) is 6.23. The van der Waals surface area contributed by atoms with Crippen LogP contribution in [0.1, 0.15) is 19.3 Å².